The standard InChI is InChI=1S/C25H26ClN3O3S/c1-16(2)27-23(30)18-8-9-20(26)21(14-18)28-24(31)22-15-19(17-6-4-3-5-7-17)25(33-22)29-10-12-32-13-11-29/h3-9,14-16H,10-13H2,1-2H3,(H,27,30)(H,28,31). The number of morpholine rings is 1. The molecule has 4 rings (SSSR count). The van der Waals surface area contributed by atoms with Gasteiger partial charge in [-0.3, -0.25) is 9.59 Å². The average molecular weight is 484 g/mol. The van der Waals surface area contributed by atoms with Gasteiger partial charge in [-0.05, 0) is 43.7 Å². The Morgan fingerprint density at radius 2 is 1.76 bits per heavy atom. The molecule has 2 heterocycles. The highest BCUT2D eigenvalue weighted by Gasteiger charge is 2.22. The molecule has 1 aliphatic rings. The minimum atomic E-state index is -0.264. The molecular weight excluding hydrogens is 458 g/mol. The second kappa shape index (κ2) is 10.4. The molecule has 0 atom stereocenters. The summed E-state index contributed by atoms with van der Waals surface area (Å²) in [6.45, 7) is 6.66. The fourth-order valence-corrected chi connectivity index (χ4v) is 4.90. The van der Waals surface area contributed by atoms with Crippen LogP contribution < -0.4 is 15.5 Å². The lowest BCUT2D eigenvalue weighted by Crippen LogP contribution is -2.35. The molecule has 172 valence electrons. The summed E-state index contributed by atoms with van der Waals surface area (Å²) >= 11 is 7.78. The number of hydrogen-bond donors (Lipinski definition) is 2. The van der Waals surface area contributed by atoms with Gasteiger partial charge in [-0.1, -0.05) is 41.9 Å². The molecule has 0 saturated carbocycles. The minimum Gasteiger partial charge on any atom is -0.378 e. The molecule has 0 unspecified atom stereocenters. The van der Waals surface area contributed by atoms with Crippen LogP contribution in [0, 0.1) is 0 Å². The van der Waals surface area contributed by atoms with Gasteiger partial charge in [0.05, 0.1) is 33.8 Å². The Balaban J connectivity index is 1.62. The van der Waals surface area contributed by atoms with Crippen molar-refractivity contribution in [3.63, 3.8) is 0 Å². The van der Waals surface area contributed by atoms with Crippen molar-refractivity contribution in [2.45, 2.75) is 19.9 Å². The van der Waals surface area contributed by atoms with E-state index in [1.807, 2.05) is 50.2 Å². The molecule has 0 aliphatic carbocycles. The zero-order valence-corrected chi connectivity index (χ0v) is 20.1. The predicted molar refractivity (Wildman–Crippen MR) is 135 cm³/mol. The highest BCUT2D eigenvalue weighted by molar-refractivity contribution is 7.18. The van der Waals surface area contributed by atoms with Gasteiger partial charge in [0.2, 0.25) is 0 Å². The Hall–Kier alpha value is -2.87. The van der Waals surface area contributed by atoms with Crippen LogP contribution in [0.2, 0.25) is 5.02 Å². The van der Waals surface area contributed by atoms with E-state index in [0.29, 0.717) is 34.4 Å². The third kappa shape index (κ3) is 5.55. The molecule has 33 heavy (non-hydrogen) atoms. The first kappa shape index (κ1) is 23.3. The van der Waals surface area contributed by atoms with E-state index >= 15 is 0 Å². The smallest absolute Gasteiger partial charge is 0.265 e. The van der Waals surface area contributed by atoms with Crippen molar-refractivity contribution in [3.8, 4) is 11.1 Å². The summed E-state index contributed by atoms with van der Waals surface area (Å²) in [5.41, 5.74) is 2.91. The Morgan fingerprint density at radius 3 is 2.45 bits per heavy atom. The van der Waals surface area contributed by atoms with Gasteiger partial charge in [0.15, 0.2) is 0 Å². The van der Waals surface area contributed by atoms with E-state index < -0.39 is 0 Å². The topological polar surface area (TPSA) is 70.7 Å². The lowest BCUT2D eigenvalue weighted by molar-refractivity contribution is 0.0942. The second-order valence-electron chi connectivity index (χ2n) is 8.07. The highest BCUT2D eigenvalue weighted by atomic mass is 35.5. The Labute approximate surface area is 202 Å². The fraction of sp³-hybridized carbons (Fsp3) is 0.280. The maximum Gasteiger partial charge on any atom is 0.265 e. The summed E-state index contributed by atoms with van der Waals surface area (Å²) in [5, 5.41) is 7.15. The number of ether oxygens (including phenoxy) is 1. The van der Waals surface area contributed by atoms with E-state index in [1.54, 1.807) is 18.2 Å². The minimum absolute atomic E-state index is 0.00681. The summed E-state index contributed by atoms with van der Waals surface area (Å²) in [7, 11) is 0. The van der Waals surface area contributed by atoms with Crippen LogP contribution in [0.4, 0.5) is 10.7 Å². The largest absolute Gasteiger partial charge is 0.378 e. The summed E-state index contributed by atoms with van der Waals surface area (Å²) in [5.74, 6) is -0.478. The third-order valence-electron chi connectivity index (χ3n) is 5.22. The number of carbonyl (C=O) groups is 2. The number of nitrogens with one attached hydrogen (secondary N) is 2. The fourth-order valence-electron chi connectivity index (χ4n) is 3.61. The van der Waals surface area contributed by atoms with Gasteiger partial charge in [-0.25, -0.2) is 0 Å². The highest BCUT2D eigenvalue weighted by Crippen LogP contribution is 2.40. The molecule has 1 fully saturated rings. The van der Waals surface area contributed by atoms with E-state index in [2.05, 4.69) is 15.5 Å². The number of amides is 2. The molecule has 2 aromatic carbocycles. The van der Waals surface area contributed by atoms with E-state index in [4.69, 9.17) is 16.3 Å². The lowest BCUT2D eigenvalue weighted by Gasteiger charge is -2.28. The summed E-state index contributed by atoms with van der Waals surface area (Å²) in [6.07, 6.45) is 0. The Kier molecular flexibility index (Phi) is 7.33. The van der Waals surface area contributed by atoms with Gasteiger partial charge in [-0.2, -0.15) is 0 Å². The normalized spacial score (nSPS) is 13.8. The molecule has 0 radical (unpaired) electrons. The predicted octanol–water partition coefficient (Wildman–Crippen LogP) is 5.30. The zero-order valence-electron chi connectivity index (χ0n) is 18.6. The first-order valence-corrected chi connectivity index (χ1v) is 12.1. The SMILES string of the molecule is CC(C)NC(=O)c1ccc(Cl)c(NC(=O)c2cc(-c3ccccc3)c(N3CCOCC3)s2)c1. The van der Waals surface area contributed by atoms with Gasteiger partial charge in [0.1, 0.15) is 0 Å². The second-order valence-corrected chi connectivity index (χ2v) is 9.51. The van der Waals surface area contributed by atoms with Gasteiger partial charge < -0.3 is 20.3 Å². The number of thiophene rings is 1. The lowest BCUT2D eigenvalue weighted by atomic mass is 10.1. The van der Waals surface area contributed by atoms with Crippen molar-refractivity contribution in [2.75, 3.05) is 36.5 Å². The number of carbonyl (C=O) groups excluding carboxylic acids is 2. The zero-order chi connectivity index (χ0) is 23.4. The molecule has 1 aromatic heterocycles. The van der Waals surface area contributed by atoms with Crippen LogP contribution in [0.3, 0.4) is 0 Å². The van der Waals surface area contributed by atoms with Crippen LogP contribution in [0.15, 0.2) is 54.6 Å². The van der Waals surface area contributed by atoms with Crippen LogP contribution in [0.25, 0.3) is 11.1 Å². The van der Waals surface area contributed by atoms with Crippen molar-refractivity contribution in [1.29, 1.82) is 0 Å². The van der Waals surface area contributed by atoms with E-state index in [1.165, 1.54) is 11.3 Å². The van der Waals surface area contributed by atoms with E-state index in [0.717, 1.165) is 29.2 Å². The molecule has 2 amide bonds. The third-order valence-corrected chi connectivity index (χ3v) is 6.74. The van der Waals surface area contributed by atoms with Gasteiger partial charge in [-0.15, -0.1) is 11.3 Å². The van der Waals surface area contributed by atoms with E-state index in [-0.39, 0.29) is 17.9 Å². The van der Waals surface area contributed by atoms with Crippen molar-refractivity contribution in [2.24, 2.45) is 0 Å². The van der Waals surface area contributed by atoms with Crippen LogP contribution in [0.1, 0.15) is 33.9 Å². The number of halogens is 1. The number of benzene rings is 2. The molecule has 6 nitrogen and oxygen atoms in total. The van der Waals surface area contributed by atoms with Crippen LogP contribution in [-0.4, -0.2) is 44.2 Å². The van der Waals surface area contributed by atoms with Crippen LogP contribution in [-0.2, 0) is 4.74 Å². The number of rotatable bonds is 6. The molecule has 2 N–H and O–H groups in total. The molecule has 0 bridgehead atoms. The molecule has 1 aliphatic heterocycles. The van der Waals surface area contributed by atoms with E-state index in [9.17, 15) is 9.59 Å². The number of anilines is 2. The molecule has 1 saturated heterocycles. The Bertz CT molecular complexity index is 1140. The quantitative estimate of drug-likeness (QED) is 0.499. The monoisotopic (exact) mass is 483 g/mol. The molecule has 3 aromatic rings. The van der Waals surface area contributed by atoms with Gasteiger partial charge in [0, 0.05) is 30.3 Å². The van der Waals surface area contributed by atoms with Crippen molar-refractivity contribution in [3.05, 3.63) is 70.1 Å². The average Bonchev–Trinajstić information content (AvgIpc) is 3.27. The summed E-state index contributed by atoms with van der Waals surface area (Å²) in [6, 6.07) is 16.8. The summed E-state index contributed by atoms with van der Waals surface area (Å²) < 4.78 is 5.50. The molecular formula is C25H26ClN3O3S. The van der Waals surface area contributed by atoms with Crippen molar-refractivity contribution >= 4 is 45.4 Å². The number of nitrogens with zero attached hydrogens (tertiary/aromatic N) is 1. The van der Waals surface area contributed by atoms with Crippen molar-refractivity contribution < 1.29 is 14.3 Å². The van der Waals surface area contributed by atoms with Gasteiger partial charge >= 0.3 is 0 Å². The maximum atomic E-state index is 13.2. The first-order valence-electron chi connectivity index (χ1n) is 10.9. The molecule has 0 spiro atoms. The van der Waals surface area contributed by atoms with Gasteiger partial charge in [0.25, 0.3) is 11.8 Å². The molecule has 8 heteroatoms. The maximum absolute atomic E-state index is 13.2. The van der Waals surface area contributed by atoms with Crippen molar-refractivity contribution in [1.82, 2.24) is 5.32 Å². The first-order chi connectivity index (χ1) is 15.9. The number of hydrogen-bond acceptors (Lipinski definition) is 5. The summed E-state index contributed by atoms with van der Waals surface area (Å²) in [4.78, 5) is 28.4. The van der Waals surface area contributed by atoms with Crippen LogP contribution >= 0.6 is 22.9 Å². The van der Waals surface area contributed by atoms with Crippen LogP contribution in [0.5, 0.6) is 0 Å². The Morgan fingerprint density at radius 1 is 1.03 bits per heavy atom.